The van der Waals surface area contributed by atoms with Gasteiger partial charge in [0.25, 0.3) is 0 Å². The van der Waals surface area contributed by atoms with Crippen molar-refractivity contribution in [3.63, 3.8) is 0 Å². The first-order valence-corrected chi connectivity index (χ1v) is 5.72. The maximum Gasteiger partial charge on any atom is 4.00 e. The van der Waals surface area contributed by atoms with Crippen molar-refractivity contribution in [1.82, 2.24) is 0 Å². The molecule has 0 aliphatic rings. The molecule has 0 radical (unpaired) electrons. The van der Waals surface area contributed by atoms with Gasteiger partial charge in [-0.2, -0.15) is 20.8 Å². The molecule has 0 heterocycles. The van der Waals surface area contributed by atoms with Crippen LogP contribution in [0.15, 0.2) is 0 Å². The van der Waals surface area contributed by atoms with Gasteiger partial charge in [0, 0.05) is 6.42 Å². The Balaban J connectivity index is -0.0000000532. The maximum absolute atomic E-state index is 7.75. The van der Waals surface area contributed by atoms with Gasteiger partial charge in [-0.1, -0.05) is 26.2 Å². The van der Waals surface area contributed by atoms with Crippen LogP contribution in [-0.2, 0) is 29.1 Å². The van der Waals surface area contributed by atoms with Crippen LogP contribution in [0, 0.1) is 12.5 Å². The Morgan fingerprint density at radius 2 is 1.28 bits per heavy atom. The van der Waals surface area contributed by atoms with Gasteiger partial charge >= 0.3 is 19.5 Å². The summed E-state index contributed by atoms with van der Waals surface area (Å²) in [5.74, 6) is 1.42. The molecule has 0 aliphatic carbocycles. The monoisotopic (exact) mass is 342 g/mol. The summed E-state index contributed by atoms with van der Waals surface area (Å²) < 4.78 is 0. The molecule has 0 rings (SSSR count). The molecule has 0 fully saturated rings. The van der Waals surface area contributed by atoms with Crippen LogP contribution >= 0.6 is 0 Å². The van der Waals surface area contributed by atoms with E-state index < -0.39 is 0 Å². The van der Waals surface area contributed by atoms with Crippen molar-refractivity contribution in [2.75, 3.05) is 6.54 Å². The molecule has 0 unspecified atom stereocenters. The SMILES string of the molecule is C[C-](C)C.[C-]#[N+]CCCCCCC.[CH-]=O.[CH-]=O.[Ru+4]. The molecule has 0 aromatic carbocycles. The van der Waals surface area contributed by atoms with Gasteiger partial charge in [-0.25, -0.2) is 6.57 Å². The van der Waals surface area contributed by atoms with Crippen LogP contribution < -0.4 is 0 Å². The van der Waals surface area contributed by atoms with E-state index in [0.29, 0.717) is 0 Å². The minimum Gasteiger partial charge on any atom is -0.545 e. The molecule has 0 aliphatic heterocycles. The summed E-state index contributed by atoms with van der Waals surface area (Å²) >= 11 is 0. The van der Waals surface area contributed by atoms with E-state index >= 15 is 0 Å². The van der Waals surface area contributed by atoms with Gasteiger partial charge in [0.2, 0.25) is 6.54 Å². The van der Waals surface area contributed by atoms with Crippen molar-refractivity contribution in [3.8, 4) is 0 Å². The Kier molecular flexibility index (Phi) is 74.4. The van der Waals surface area contributed by atoms with E-state index in [9.17, 15) is 0 Å². The Labute approximate surface area is 126 Å². The summed E-state index contributed by atoms with van der Waals surface area (Å²) in [6.45, 7) is 22.2. The van der Waals surface area contributed by atoms with E-state index in [1.54, 1.807) is 0 Å². The fourth-order valence-corrected chi connectivity index (χ4v) is 0.794. The van der Waals surface area contributed by atoms with Crippen LogP contribution in [0.25, 0.3) is 4.85 Å². The average Bonchev–Trinajstić information content (AvgIpc) is 2.33. The van der Waals surface area contributed by atoms with Gasteiger partial charge < -0.3 is 20.4 Å². The Hall–Kier alpha value is -0.547. The topological polar surface area (TPSA) is 38.5 Å². The van der Waals surface area contributed by atoms with E-state index in [-0.39, 0.29) is 19.5 Å². The quantitative estimate of drug-likeness (QED) is 0.329. The zero-order valence-corrected chi connectivity index (χ0v) is 13.8. The van der Waals surface area contributed by atoms with Crippen molar-refractivity contribution >= 4 is 13.6 Å². The second kappa shape index (κ2) is 44.0. The standard InChI is InChI=1S/C8H15N.C4H9.2CHO.Ru/c1-3-4-5-6-7-8-9-2;1-4(2)3;2*1-2;/h3-8H2,1H3;1-3H3;2*1H;/q;3*-1;+4. The van der Waals surface area contributed by atoms with Crippen LogP contribution in [-0.4, -0.2) is 20.1 Å². The molecule has 18 heavy (non-hydrogen) atoms. The molecule has 0 saturated carbocycles. The largest absolute Gasteiger partial charge is 4.00 e. The van der Waals surface area contributed by atoms with Crippen LogP contribution in [0.5, 0.6) is 0 Å². The van der Waals surface area contributed by atoms with Gasteiger partial charge in [0.05, 0.1) is 0 Å². The molecule has 0 aromatic rings. The van der Waals surface area contributed by atoms with Crippen molar-refractivity contribution in [3.05, 3.63) is 17.3 Å². The summed E-state index contributed by atoms with van der Waals surface area (Å²) in [6, 6.07) is 0. The summed E-state index contributed by atoms with van der Waals surface area (Å²) in [6.07, 6.45) is 6.28. The van der Waals surface area contributed by atoms with Gasteiger partial charge in [0.15, 0.2) is 0 Å². The Morgan fingerprint density at radius 1 is 0.944 bits per heavy atom. The van der Waals surface area contributed by atoms with Gasteiger partial charge in [-0.05, 0) is 6.42 Å². The normalized spacial score (nSPS) is 6.89. The number of nitrogens with zero attached hydrogens (tertiary/aromatic N) is 1. The van der Waals surface area contributed by atoms with Gasteiger partial charge in [-0.3, -0.25) is 13.6 Å². The first kappa shape index (κ1) is 30.5. The molecule has 0 aromatic heterocycles. The number of unbranched alkanes of at least 4 members (excludes halogenated alkanes) is 4. The summed E-state index contributed by atoms with van der Waals surface area (Å²) in [7, 11) is 0. The number of hydrogen-bond acceptors (Lipinski definition) is 2. The molecule has 0 amide bonds. The molecular weight excluding hydrogens is 315 g/mol. The van der Waals surface area contributed by atoms with E-state index in [1.807, 2.05) is 0 Å². The number of rotatable bonds is 5. The van der Waals surface area contributed by atoms with E-state index in [2.05, 4.69) is 46.1 Å². The molecule has 0 bridgehead atoms. The average molecular weight is 341 g/mol. The van der Waals surface area contributed by atoms with Gasteiger partial charge in [0.1, 0.15) is 0 Å². The number of hydrogen-bond donors (Lipinski definition) is 0. The van der Waals surface area contributed by atoms with Gasteiger partial charge in [-0.15, -0.1) is 0 Å². The second-order valence-electron chi connectivity index (χ2n) is 3.80. The van der Waals surface area contributed by atoms with Crippen molar-refractivity contribution in [2.45, 2.75) is 59.8 Å². The molecule has 4 heteroatoms. The zero-order valence-electron chi connectivity index (χ0n) is 12.0. The van der Waals surface area contributed by atoms with Crippen molar-refractivity contribution in [1.29, 1.82) is 0 Å². The fourth-order valence-electron chi connectivity index (χ4n) is 0.794. The molecule has 0 N–H and O–H groups in total. The van der Waals surface area contributed by atoms with Crippen LogP contribution in [0.1, 0.15) is 59.8 Å². The predicted octanol–water partition coefficient (Wildman–Crippen LogP) is 3.95. The smallest absolute Gasteiger partial charge is 0.545 e. The molecule has 0 spiro atoms. The van der Waals surface area contributed by atoms with Crippen molar-refractivity contribution in [2.24, 2.45) is 0 Å². The third-order valence-electron chi connectivity index (χ3n) is 1.37. The third-order valence-corrected chi connectivity index (χ3v) is 1.37. The van der Waals surface area contributed by atoms with E-state index in [0.717, 1.165) is 13.0 Å². The summed E-state index contributed by atoms with van der Waals surface area (Å²) in [5, 5.41) is 0. The molecule has 3 nitrogen and oxygen atoms in total. The zero-order chi connectivity index (χ0) is 14.5. The van der Waals surface area contributed by atoms with E-state index in [4.69, 9.17) is 16.2 Å². The molecule has 106 valence electrons. The minimum atomic E-state index is 0. The predicted molar refractivity (Wildman–Crippen MR) is 74.0 cm³/mol. The van der Waals surface area contributed by atoms with Crippen molar-refractivity contribution < 1.29 is 29.1 Å². The Bertz CT molecular complexity index is 142. The molecule has 0 saturated heterocycles. The second-order valence-corrected chi connectivity index (χ2v) is 3.80. The van der Waals surface area contributed by atoms with Crippen LogP contribution in [0.2, 0.25) is 0 Å². The van der Waals surface area contributed by atoms with Crippen LogP contribution in [0.4, 0.5) is 0 Å². The first-order valence-electron chi connectivity index (χ1n) is 5.72. The summed E-state index contributed by atoms with van der Waals surface area (Å²) in [5.41, 5.74) is 0. The third kappa shape index (κ3) is 109. The number of carbonyl (C=O) groups excluding carboxylic acids is 2. The first-order chi connectivity index (χ1) is 8.15. The van der Waals surface area contributed by atoms with E-state index in [1.165, 1.54) is 31.6 Å². The molecular formula is C14H26NO2Ru+. The fraction of sp³-hybridized carbons (Fsp3) is 0.714. The summed E-state index contributed by atoms with van der Waals surface area (Å²) in [4.78, 5) is 18.8. The maximum atomic E-state index is 7.75. The molecule has 0 atom stereocenters. The van der Waals surface area contributed by atoms with Crippen LogP contribution in [0.3, 0.4) is 0 Å². The minimum absolute atomic E-state index is 0. The Morgan fingerprint density at radius 3 is 1.56 bits per heavy atom.